The molecule has 0 atom stereocenters. The van der Waals surface area contributed by atoms with Crippen molar-refractivity contribution in [2.24, 2.45) is 4.99 Å². The first kappa shape index (κ1) is 14.9. The molecule has 1 aliphatic rings. The zero-order valence-electron chi connectivity index (χ0n) is 11.6. The van der Waals surface area contributed by atoms with Gasteiger partial charge >= 0.3 is 0 Å². The highest BCUT2D eigenvalue weighted by Gasteiger charge is 2.22. The van der Waals surface area contributed by atoms with Crippen LogP contribution in [0.1, 0.15) is 35.4 Å². The number of hydrogen-bond acceptors (Lipinski definition) is 2. The van der Waals surface area contributed by atoms with Crippen molar-refractivity contribution in [3.63, 3.8) is 0 Å². The van der Waals surface area contributed by atoms with E-state index < -0.39 is 5.82 Å². The lowest BCUT2D eigenvalue weighted by Crippen LogP contribution is -1.83. The third-order valence-electron chi connectivity index (χ3n) is 3.48. The van der Waals surface area contributed by atoms with Crippen molar-refractivity contribution in [1.82, 2.24) is 0 Å². The van der Waals surface area contributed by atoms with Crippen LogP contribution in [0.15, 0.2) is 41.4 Å². The van der Waals surface area contributed by atoms with Crippen LogP contribution in [0.5, 0.6) is 0 Å². The summed E-state index contributed by atoms with van der Waals surface area (Å²) in [6.07, 6.45) is 2.55. The summed E-state index contributed by atoms with van der Waals surface area (Å²) in [5, 5.41) is 2.28. The van der Waals surface area contributed by atoms with Crippen LogP contribution >= 0.6 is 23.8 Å². The molecular formula is C18H11ClFNS. The van der Waals surface area contributed by atoms with Crippen LogP contribution in [0.3, 0.4) is 0 Å². The van der Waals surface area contributed by atoms with Gasteiger partial charge in [0.05, 0.1) is 10.2 Å². The van der Waals surface area contributed by atoms with Crippen molar-refractivity contribution in [3.8, 4) is 11.8 Å². The van der Waals surface area contributed by atoms with Crippen molar-refractivity contribution in [2.45, 2.75) is 18.8 Å². The van der Waals surface area contributed by atoms with E-state index in [0.717, 1.165) is 11.5 Å². The highest BCUT2D eigenvalue weighted by molar-refractivity contribution is 7.78. The Morgan fingerprint density at radius 2 is 1.77 bits per heavy atom. The topological polar surface area (TPSA) is 12.4 Å². The molecule has 0 spiro atoms. The normalized spacial score (nSPS) is 13.0. The Balaban J connectivity index is 1.85. The monoisotopic (exact) mass is 327 g/mol. The Bertz CT molecular complexity index is 799. The van der Waals surface area contributed by atoms with Gasteiger partial charge < -0.3 is 0 Å². The molecule has 0 N–H and O–H groups in total. The molecule has 1 fully saturated rings. The van der Waals surface area contributed by atoms with E-state index >= 15 is 0 Å². The largest absolute Gasteiger partial charge is 0.204 e. The summed E-state index contributed by atoms with van der Waals surface area (Å²) in [4.78, 5) is 3.61. The first-order valence-electron chi connectivity index (χ1n) is 6.86. The minimum Gasteiger partial charge on any atom is -0.204 e. The lowest BCUT2D eigenvalue weighted by Gasteiger charge is -2.00. The molecule has 0 aliphatic heterocycles. The summed E-state index contributed by atoms with van der Waals surface area (Å²) in [5.41, 5.74) is 2.75. The van der Waals surface area contributed by atoms with Crippen molar-refractivity contribution in [3.05, 3.63) is 63.9 Å². The Kier molecular flexibility index (Phi) is 4.36. The first-order chi connectivity index (χ1) is 10.7. The fraction of sp³-hybridized carbons (Fsp3) is 0.167. The minimum atomic E-state index is -0.557. The van der Waals surface area contributed by atoms with Gasteiger partial charge in [-0.3, -0.25) is 0 Å². The van der Waals surface area contributed by atoms with Crippen LogP contribution in [-0.2, 0) is 0 Å². The van der Waals surface area contributed by atoms with E-state index in [2.05, 4.69) is 46.3 Å². The maximum absolute atomic E-state index is 13.8. The third kappa shape index (κ3) is 3.43. The molecule has 3 rings (SSSR count). The third-order valence-corrected chi connectivity index (χ3v) is 3.86. The first-order valence-corrected chi connectivity index (χ1v) is 7.65. The van der Waals surface area contributed by atoms with Crippen molar-refractivity contribution < 1.29 is 4.39 Å². The predicted octanol–water partition coefficient (Wildman–Crippen LogP) is 5.49. The Morgan fingerprint density at radius 3 is 2.36 bits per heavy atom. The Hall–Kier alpha value is -1.98. The van der Waals surface area contributed by atoms with Crippen LogP contribution in [0.2, 0.25) is 5.02 Å². The molecule has 0 saturated heterocycles. The number of aliphatic imine (C=N–C) groups is 1. The molecule has 1 nitrogen and oxygen atoms in total. The zero-order chi connectivity index (χ0) is 15.5. The number of hydrogen-bond donors (Lipinski definition) is 0. The van der Waals surface area contributed by atoms with Gasteiger partial charge in [-0.1, -0.05) is 35.6 Å². The zero-order valence-corrected chi connectivity index (χ0v) is 13.1. The van der Waals surface area contributed by atoms with Gasteiger partial charge in [-0.25, -0.2) is 4.39 Å². The van der Waals surface area contributed by atoms with E-state index in [4.69, 9.17) is 11.6 Å². The van der Waals surface area contributed by atoms with Crippen LogP contribution in [0.25, 0.3) is 0 Å². The molecule has 4 heteroatoms. The molecule has 108 valence electrons. The van der Waals surface area contributed by atoms with E-state index in [1.165, 1.54) is 24.5 Å². The van der Waals surface area contributed by atoms with Gasteiger partial charge in [-0.2, -0.15) is 4.99 Å². The highest BCUT2D eigenvalue weighted by Crippen LogP contribution is 2.39. The molecule has 2 aromatic rings. The SMILES string of the molecule is Fc1cc(C#Cc2ccc(C3CC3)cc2)cc(Cl)c1N=C=S. The fourth-order valence-corrected chi connectivity index (χ4v) is 2.53. The van der Waals surface area contributed by atoms with Crippen LogP contribution in [0.4, 0.5) is 10.1 Å². The van der Waals surface area contributed by atoms with Crippen molar-refractivity contribution >= 4 is 34.7 Å². The average molecular weight is 328 g/mol. The van der Waals surface area contributed by atoms with Crippen LogP contribution in [0, 0.1) is 17.7 Å². The summed E-state index contributed by atoms with van der Waals surface area (Å²) in [6.45, 7) is 0. The lowest BCUT2D eigenvalue weighted by molar-refractivity contribution is 0.630. The van der Waals surface area contributed by atoms with E-state index in [1.807, 2.05) is 12.1 Å². The maximum atomic E-state index is 13.8. The van der Waals surface area contributed by atoms with Crippen LogP contribution < -0.4 is 0 Å². The van der Waals surface area contributed by atoms with Gasteiger partial charge in [0, 0.05) is 11.1 Å². The van der Waals surface area contributed by atoms with Crippen molar-refractivity contribution in [1.29, 1.82) is 0 Å². The minimum absolute atomic E-state index is 0.00370. The molecule has 2 aromatic carbocycles. The summed E-state index contributed by atoms with van der Waals surface area (Å²) >= 11 is 10.4. The quantitative estimate of drug-likeness (QED) is 0.403. The summed E-state index contributed by atoms with van der Waals surface area (Å²) in [6, 6.07) is 11.1. The number of rotatable bonds is 2. The summed E-state index contributed by atoms with van der Waals surface area (Å²) in [5.74, 6) is 6.09. The maximum Gasteiger partial charge on any atom is 0.152 e. The number of thiocarbonyl (C=S) groups is 1. The van der Waals surface area contributed by atoms with E-state index in [1.54, 1.807) is 6.07 Å². The average Bonchev–Trinajstić information content (AvgIpc) is 3.34. The van der Waals surface area contributed by atoms with Gasteiger partial charge in [0.25, 0.3) is 0 Å². The molecule has 1 aliphatic carbocycles. The number of halogens is 2. The molecule has 0 bridgehead atoms. The fourth-order valence-electron chi connectivity index (χ4n) is 2.19. The van der Waals surface area contributed by atoms with Gasteiger partial charge in [0.1, 0.15) is 5.69 Å². The molecule has 0 radical (unpaired) electrons. The van der Waals surface area contributed by atoms with Gasteiger partial charge in [0.15, 0.2) is 5.82 Å². The Morgan fingerprint density at radius 1 is 1.09 bits per heavy atom. The summed E-state index contributed by atoms with van der Waals surface area (Å²) in [7, 11) is 0. The number of nitrogens with zero attached hydrogens (tertiary/aromatic N) is 1. The van der Waals surface area contributed by atoms with E-state index in [0.29, 0.717) is 5.56 Å². The van der Waals surface area contributed by atoms with Crippen LogP contribution in [-0.4, -0.2) is 5.16 Å². The second-order valence-electron chi connectivity index (χ2n) is 5.14. The van der Waals surface area contributed by atoms with E-state index in [9.17, 15) is 4.39 Å². The second-order valence-corrected chi connectivity index (χ2v) is 5.73. The molecule has 22 heavy (non-hydrogen) atoms. The van der Waals surface area contributed by atoms with Gasteiger partial charge in [0.2, 0.25) is 0 Å². The second kappa shape index (κ2) is 6.42. The number of benzene rings is 2. The smallest absolute Gasteiger partial charge is 0.152 e. The van der Waals surface area contributed by atoms with E-state index in [-0.39, 0.29) is 10.7 Å². The molecule has 0 amide bonds. The molecule has 0 heterocycles. The molecule has 0 aromatic heterocycles. The number of isothiocyanates is 1. The summed E-state index contributed by atoms with van der Waals surface area (Å²) < 4.78 is 13.8. The van der Waals surface area contributed by atoms with Gasteiger partial charge in [-0.15, -0.1) is 0 Å². The standard InChI is InChI=1S/C18H11ClFNS/c19-16-9-13(10-17(20)18(16)21-11-22)2-1-12-3-5-14(6-4-12)15-7-8-15/h3-6,9-10,15H,7-8H2. The van der Waals surface area contributed by atoms with Crippen molar-refractivity contribution in [2.75, 3.05) is 0 Å². The highest BCUT2D eigenvalue weighted by atomic mass is 35.5. The van der Waals surface area contributed by atoms with Gasteiger partial charge in [-0.05, 0) is 60.8 Å². The molecule has 1 saturated carbocycles. The Labute approximate surface area is 138 Å². The molecular weight excluding hydrogens is 317 g/mol. The molecule has 0 unspecified atom stereocenters. The predicted molar refractivity (Wildman–Crippen MR) is 90.5 cm³/mol. The lowest BCUT2D eigenvalue weighted by atomic mass is 10.1.